The number of aryl methyl sites for hydroxylation is 1. The molecule has 0 atom stereocenters. The molecule has 0 aliphatic rings. The first-order valence-corrected chi connectivity index (χ1v) is 7.38. The number of thiazole rings is 1. The van der Waals surface area contributed by atoms with E-state index < -0.39 is 5.97 Å². The van der Waals surface area contributed by atoms with Crippen molar-refractivity contribution in [3.05, 3.63) is 49.4 Å². The van der Waals surface area contributed by atoms with Gasteiger partial charge in [0.15, 0.2) is 0 Å². The summed E-state index contributed by atoms with van der Waals surface area (Å²) < 4.78 is 0. The van der Waals surface area contributed by atoms with Crippen LogP contribution in [0.4, 0.5) is 0 Å². The van der Waals surface area contributed by atoms with Crippen molar-refractivity contribution in [1.82, 2.24) is 10.3 Å². The number of amides is 1. The molecule has 0 radical (unpaired) electrons. The van der Waals surface area contributed by atoms with E-state index in [1.54, 1.807) is 6.92 Å². The van der Waals surface area contributed by atoms with Gasteiger partial charge in [-0.15, -0.1) is 11.3 Å². The van der Waals surface area contributed by atoms with E-state index in [-0.39, 0.29) is 17.3 Å². The fourth-order valence-corrected chi connectivity index (χ4v) is 3.04. The third-order valence-corrected chi connectivity index (χ3v) is 4.14. The van der Waals surface area contributed by atoms with E-state index in [9.17, 15) is 9.59 Å². The number of rotatable bonds is 4. The van der Waals surface area contributed by atoms with Crippen LogP contribution < -0.4 is 5.32 Å². The first-order chi connectivity index (χ1) is 9.86. The van der Waals surface area contributed by atoms with Crippen LogP contribution in [0.25, 0.3) is 0 Å². The molecule has 5 nitrogen and oxygen atoms in total. The molecule has 0 spiro atoms. The van der Waals surface area contributed by atoms with Crippen molar-refractivity contribution in [1.29, 1.82) is 0 Å². The molecule has 2 N–H and O–H groups in total. The maximum atomic E-state index is 12.0. The summed E-state index contributed by atoms with van der Waals surface area (Å²) >= 11 is 12.7. The van der Waals surface area contributed by atoms with Gasteiger partial charge in [-0.1, -0.05) is 23.2 Å². The molecule has 8 heteroatoms. The lowest BCUT2D eigenvalue weighted by Crippen LogP contribution is -2.22. The number of hydrogen-bond acceptors (Lipinski definition) is 4. The van der Waals surface area contributed by atoms with Gasteiger partial charge >= 0.3 is 5.97 Å². The van der Waals surface area contributed by atoms with Crippen LogP contribution in [-0.2, 0) is 6.54 Å². The molecule has 0 aliphatic carbocycles. The molecule has 0 aliphatic heterocycles. The minimum atomic E-state index is -1.02. The molecule has 0 bridgehead atoms. The second-order valence-electron chi connectivity index (χ2n) is 4.17. The van der Waals surface area contributed by atoms with Gasteiger partial charge < -0.3 is 10.4 Å². The molecule has 0 fully saturated rings. The second kappa shape index (κ2) is 6.43. The smallest absolute Gasteiger partial charge is 0.347 e. The Balaban J connectivity index is 2.07. The zero-order valence-corrected chi connectivity index (χ0v) is 13.1. The maximum Gasteiger partial charge on any atom is 0.347 e. The first-order valence-electron chi connectivity index (χ1n) is 5.80. The van der Waals surface area contributed by atoms with E-state index in [1.807, 2.05) is 0 Å². The number of carboxylic acids is 1. The number of nitrogens with one attached hydrogen (secondary N) is 1. The predicted octanol–water partition coefficient (Wildman–Crippen LogP) is 3.39. The standard InChI is InChI=1S/C13H10Cl2N2O3S/c1-6-11(13(19)20)21-10(17-6)5-16-12(18)7-2-8(14)4-9(15)3-7/h2-4H,5H2,1H3,(H,16,18)(H,19,20). The number of halogens is 2. The Bertz CT molecular complexity index is 695. The maximum absolute atomic E-state index is 12.0. The van der Waals surface area contributed by atoms with Gasteiger partial charge in [0.25, 0.3) is 5.91 Å². The Morgan fingerprint density at radius 3 is 2.43 bits per heavy atom. The number of benzene rings is 1. The summed E-state index contributed by atoms with van der Waals surface area (Å²) in [5.41, 5.74) is 0.766. The van der Waals surface area contributed by atoms with E-state index in [0.29, 0.717) is 26.3 Å². The number of hydrogen-bond donors (Lipinski definition) is 2. The van der Waals surface area contributed by atoms with E-state index in [4.69, 9.17) is 28.3 Å². The molecule has 0 saturated carbocycles. The van der Waals surface area contributed by atoms with Gasteiger partial charge in [0.1, 0.15) is 9.88 Å². The van der Waals surface area contributed by atoms with Gasteiger partial charge in [-0.3, -0.25) is 4.79 Å². The number of carboxylic acid groups (broad SMARTS) is 1. The number of aromatic nitrogens is 1. The van der Waals surface area contributed by atoms with Crippen molar-refractivity contribution in [2.24, 2.45) is 0 Å². The summed E-state index contributed by atoms with van der Waals surface area (Å²) in [6.07, 6.45) is 0. The molecule has 1 aromatic carbocycles. The summed E-state index contributed by atoms with van der Waals surface area (Å²) in [6.45, 7) is 1.75. The Labute approximate surface area is 134 Å². The third kappa shape index (κ3) is 3.93. The largest absolute Gasteiger partial charge is 0.477 e. The fraction of sp³-hybridized carbons (Fsp3) is 0.154. The lowest BCUT2D eigenvalue weighted by Gasteiger charge is -2.04. The highest BCUT2D eigenvalue weighted by Gasteiger charge is 2.15. The molecule has 0 unspecified atom stereocenters. The van der Waals surface area contributed by atoms with Gasteiger partial charge in [0.05, 0.1) is 12.2 Å². The van der Waals surface area contributed by atoms with Crippen LogP contribution in [0.15, 0.2) is 18.2 Å². The minimum absolute atomic E-state index is 0.141. The van der Waals surface area contributed by atoms with Crippen molar-refractivity contribution in [2.75, 3.05) is 0 Å². The van der Waals surface area contributed by atoms with Crippen molar-refractivity contribution in [3.8, 4) is 0 Å². The Kier molecular flexibility index (Phi) is 4.82. The predicted molar refractivity (Wildman–Crippen MR) is 81.4 cm³/mol. The second-order valence-corrected chi connectivity index (χ2v) is 6.12. The zero-order chi connectivity index (χ0) is 15.6. The van der Waals surface area contributed by atoms with Gasteiger partial charge in [-0.2, -0.15) is 0 Å². The number of aromatic carboxylic acids is 1. The average molecular weight is 345 g/mol. The molecule has 1 amide bonds. The molecule has 1 heterocycles. The highest BCUT2D eigenvalue weighted by atomic mass is 35.5. The molecule has 0 saturated heterocycles. The normalized spacial score (nSPS) is 10.4. The summed E-state index contributed by atoms with van der Waals surface area (Å²) in [7, 11) is 0. The fourth-order valence-electron chi connectivity index (χ4n) is 1.67. The third-order valence-electron chi connectivity index (χ3n) is 2.56. The monoisotopic (exact) mass is 344 g/mol. The Morgan fingerprint density at radius 1 is 1.29 bits per heavy atom. The van der Waals surface area contributed by atoms with Crippen molar-refractivity contribution >= 4 is 46.4 Å². The summed E-state index contributed by atoms with van der Waals surface area (Å²) in [4.78, 5) is 27.2. The van der Waals surface area contributed by atoms with Crippen molar-refractivity contribution < 1.29 is 14.7 Å². The Hall–Kier alpha value is -1.63. The topological polar surface area (TPSA) is 79.3 Å². The van der Waals surface area contributed by atoms with E-state index in [2.05, 4.69) is 10.3 Å². The molecule has 110 valence electrons. The van der Waals surface area contributed by atoms with Crippen LogP contribution >= 0.6 is 34.5 Å². The summed E-state index contributed by atoms with van der Waals surface area (Å²) in [6, 6.07) is 4.53. The van der Waals surface area contributed by atoms with Crippen molar-refractivity contribution in [3.63, 3.8) is 0 Å². The number of carbonyl (C=O) groups is 2. The van der Waals surface area contributed by atoms with Gasteiger partial charge in [0, 0.05) is 15.6 Å². The van der Waals surface area contributed by atoms with Crippen LogP contribution in [-0.4, -0.2) is 22.0 Å². The molecule has 21 heavy (non-hydrogen) atoms. The number of carbonyl (C=O) groups excluding carboxylic acids is 1. The lowest BCUT2D eigenvalue weighted by atomic mass is 10.2. The van der Waals surface area contributed by atoms with Crippen LogP contribution in [0.5, 0.6) is 0 Å². The first kappa shape index (κ1) is 15.8. The molecular weight excluding hydrogens is 335 g/mol. The highest BCUT2D eigenvalue weighted by molar-refractivity contribution is 7.13. The lowest BCUT2D eigenvalue weighted by molar-refractivity contribution is 0.0701. The molecular formula is C13H10Cl2N2O3S. The highest BCUT2D eigenvalue weighted by Crippen LogP contribution is 2.20. The van der Waals surface area contributed by atoms with Crippen LogP contribution in [0.1, 0.15) is 30.7 Å². The van der Waals surface area contributed by atoms with Crippen LogP contribution in [0, 0.1) is 6.92 Å². The zero-order valence-electron chi connectivity index (χ0n) is 10.8. The average Bonchev–Trinajstić information content (AvgIpc) is 2.76. The van der Waals surface area contributed by atoms with Crippen LogP contribution in [0.3, 0.4) is 0 Å². The van der Waals surface area contributed by atoms with E-state index in [0.717, 1.165) is 11.3 Å². The van der Waals surface area contributed by atoms with E-state index >= 15 is 0 Å². The molecule has 2 aromatic rings. The summed E-state index contributed by atoms with van der Waals surface area (Å²) in [5, 5.41) is 12.9. The molecule has 1 aromatic heterocycles. The Morgan fingerprint density at radius 2 is 1.90 bits per heavy atom. The van der Waals surface area contributed by atoms with E-state index in [1.165, 1.54) is 18.2 Å². The molecule has 2 rings (SSSR count). The van der Waals surface area contributed by atoms with Gasteiger partial charge in [-0.05, 0) is 25.1 Å². The summed E-state index contributed by atoms with van der Waals surface area (Å²) in [5.74, 6) is -1.38. The van der Waals surface area contributed by atoms with Gasteiger partial charge in [0.2, 0.25) is 0 Å². The SMILES string of the molecule is Cc1nc(CNC(=O)c2cc(Cl)cc(Cl)c2)sc1C(=O)O. The van der Waals surface area contributed by atoms with Crippen LogP contribution in [0.2, 0.25) is 10.0 Å². The quantitative estimate of drug-likeness (QED) is 0.890. The number of nitrogens with zero attached hydrogens (tertiary/aromatic N) is 1. The van der Waals surface area contributed by atoms with Gasteiger partial charge in [-0.25, -0.2) is 9.78 Å². The van der Waals surface area contributed by atoms with Crippen molar-refractivity contribution in [2.45, 2.75) is 13.5 Å². The minimum Gasteiger partial charge on any atom is -0.477 e.